The molecule has 1 atom stereocenters. The molecular formula is C11H16N2O4. The second-order valence-electron chi connectivity index (χ2n) is 4.24. The number of hydrogen-bond acceptors (Lipinski definition) is 4. The summed E-state index contributed by atoms with van der Waals surface area (Å²) in [5.41, 5.74) is -0.347. The zero-order valence-corrected chi connectivity index (χ0v) is 10.1. The minimum Gasteiger partial charge on any atom is -0.481 e. The molecule has 1 aromatic heterocycles. The van der Waals surface area contributed by atoms with Crippen LogP contribution in [0.2, 0.25) is 0 Å². The summed E-state index contributed by atoms with van der Waals surface area (Å²) in [6.07, 6.45) is 1.86. The smallest absolute Gasteiger partial charge is 0.311 e. The third-order valence-electron chi connectivity index (χ3n) is 2.89. The van der Waals surface area contributed by atoms with Crippen LogP contribution in [0.3, 0.4) is 0 Å². The number of hydrogen-bond donors (Lipinski definition) is 2. The van der Waals surface area contributed by atoms with Crippen molar-refractivity contribution in [2.45, 2.75) is 27.2 Å². The van der Waals surface area contributed by atoms with E-state index in [0.717, 1.165) is 0 Å². The number of nitrogens with zero attached hydrogens (tertiary/aromatic N) is 1. The van der Waals surface area contributed by atoms with Crippen LogP contribution in [0.15, 0.2) is 10.7 Å². The van der Waals surface area contributed by atoms with Crippen LogP contribution in [-0.2, 0) is 4.79 Å². The molecule has 0 aliphatic carbocycles. The molecule has 0 aliphatic heterocycles. The van der Waals surface area contributed by atoms with Gasteiger partial charge in [-0.1, -0.05) is 12.1 Å². The molecule has 0 aliphatic rings. The van der Waals surface area contributed by atoms with Crippen LogP contribution in [0.5, 0.6) is 0 Å². The Balaban J connectivity index is 2.66. The first-order valence-corrected chi connectivity index (χ1v) is 5.33. The number of aliphatic carboxylic acids is 1. The van der Waals surface area contributed by atoms with E-state index < -0.39 is 17.3 Å². The van der Waals surface area contributed by atoms with Gasteiger partial charge in [-0.2, -0.15) is 0 Å². The zero-order chi connectivity index (χ0) is 13.1. The van der Waals surface area contributed by atoms with Crippen molar-refractivity contribution in [1.29, 1.82) is 0 Å². The minimum atomic E-state index is -0.969. The summed E-state index contributed by atoms with van der Waals surface area (Å²) >= 11 is 0. The predicted molar refractivity (Wildman–Crippen MR) is 59.6 cm³/mol. The van der Waals surface area contributed by atoms with Crippen molar-refractivity contribution >= 4 is 11.9 Å². The first kappa shape index (κ1) is 13.2. The number of carbonyl (C=O) groups is 2. The van der Waals surface area contributed by atoms with Crippen molar-refractivity contribution in [3.63, 3.8) is 0 Å². The summed E-state index contributed by atoms with van der Waals surface area (Å²) in [6, 6.07) is 0. The Labute approximate surface area is 99.0 Å². The summed E-state index contributed by atoms with van der Waals surface area (Å²) in [6.45, 7) is 5.10. The van der Waals surface area contributed by atoms with Crippen molar-refractivity contribution in [2.24, 2.45) is 5.41 Å². The van der Waals surface area contributed by atoms with Gasteiger partial charge in [0.2, 0.25) is 5.76 Å². The van der Waals surface area contributed by atoms with Crippen molar-refractivity contribution in [3.05, 3.63) is 17.5 Å². The van der Waals surface area contributed by atoms with E-state index in [1.807, 2.05) is 0 Å². The highest BCUT2D eigenvalue weighted by Gasteiger charge is 2.32. The topological polar surface area (TPSA) is 92.4 Å². The van der Waals surface area contributed by atoms with Crippen molar-refractivity contribution < 1.29 is 19.2 Å². The SMILES string of the molecule is CCC(C)(CNC(=O)c1oncc1C)C(=O)O. The lowest BCUT2D eigenvalue weighted by atomic mass is 9.88. The second-order valence-corrected chi connectivity index (χ2v) is 4.24. The van der Waals surface area contributed by atoms with Crippen LogP contribution in [-0.4, -0.2) is 28.7 Å². The van der Waals surface area contributed by atoms with Gasteiger partial charge in [-0.3, -0.25) is 9.59 Å². The monoisotopic (exact) mass is 240 g/mol. The first-order chi connectivity index (χ1) is 7.90. The highest BCUT2D eigenvalue weighted by molar-refractivity contribution is 5.92. The van der Waals surface area contributed by atoms with Gasteiger partial charge in [0.05, 0.1) is 11.6 Å². The Bertz CT molecular complexity index is 427. The van der Waals surface area contributed by atoms with Gasteiger partial charge in [-0.15, -0.1) is 0 Å². The lowest BCUT2D eigenvalue weighted by molar-refractivity contribution is -0.147. The molecular weight excluding hydrogens is 224 g/mol. The van der Waals surface area contributed by atoms with Gasteiger partial charge in [0.25, 0.3) is 5.91 Å². The molecule has 0 aromatic carbocycles. The number of nitrogens with one attached hydrogen (secondary N) is 1. The van der Waals surface area contributed by atoms with Gasteiger partial charge in [-0.05, 0) is 20.3 Å². The molecule has 0 bridgehead atoms. The Morgan fingerprint density at radius 1 is 1.59 bits per heavy atom. The van der Waals surface area contributed by atoms with Crippen LogP contribution in [0.1, 0.15) is 36.4 Å². The molecule has 0 fully saturated rings. The van der Waals surface area contributed by atoms with E-state index in [-0.39, 0.29) is 12.3 Å². The Morgan fingerprint density at radius 3 is 2.65 bits per heavy atom. The molecule has 1 amide bonds. The van der Waals surface area contributed by atoms with E-state index in [1.54, 1.807) is 20.8 Å². The van der Waals surface area contributed by atoms with Gasteiger partial charge in [0, 0.05) is 12.1 Å². The van der Waals surface area contributed by atoms with Crippen LogP contribution < -0.4 is 5.32 Å². The summed E-state index contributed by atoms with van der Waals surface area (Å²) in [5.74, 6) is -1.26. The average Bonchev–Trinajstić information content (AvgIpc) is 2.71. The summed E-state index contributed by atoms with van der Waals surface area (Å²) in [7, 11) is 0. The van der Waals surface area contributed by atoms with Crippen LogP contribution in [0.25, 0.3) is 0 Å². The molecule has 17 heavy (non-hydrogen) atoms. The van der Waals surface area contributed by atoms with E-state index in [9.17, 15) is 9.59 Å². The first-order valence-electron chi connectivity index (χ1n) is 5.33. The molecule has 1 aromatic rings. The van der Waals surface area contributed by atoms with Gasteiger partial charge in [-0.25, -0.2) is 0 Å². The predicted octanol–water partition coefficient (Wildman–Crippen LogP) is 1.21. The summed E-state index contributed by atoms with van der Waals surface area (Å²) in [5, 5.41) is 15.1. The summed E-state index contributed by atoms with van der Waals surface area (Å²) in [4.78, 5) is 22.7. The molecule has 1 unspecified atom stereocenters. The summed E-state index contributed by atoms with van der Waals surface area (Å²) < 4.78 is 4.78. The highest BCUT2D eigenvalue weighted by atomic mass is 16.5. The number of carbonyl (C=O) groups excluding carboxylic acids is 1. The normalized spacial score (nSPS) is 14.1. The van der Waals surface area contributed by atoms with E-state index in [1.165, 1.54) is 6.20 Å². The largest absolute Gasteiger partial charge is 0.481 e. The lowest BCUT2D eigenvalue weighted by Gasteiger charge is -2.22. The maximum atomic E-state index is 11.7. The number of carboxylic acid groups (broad SMARTS) is 1. The number of carboxylic acids is 1. The van der Waals surface area contributed by atoms with Gasteiger partial charge in [0.1, 0.15) is 0 Å². The molecule has 94 valence electrons. The zero-order valence-electron chi connectivity index (χ0n) is 10.1. The quantitative estimate of drug-likeness (QED) is 0.807. The lowest BCUT2D eigenvalue weighted by Crippen LogP contribution is -2.40. The maximum Gasteiger partial charge on any atom is 0.311 e. The van der Waals surface area contributed by atoms with Gasteiger partial charge >= 0.3 is 5.97 Å². The van der Waals surface area contributed by atoms with E-state index in [0.29, 0.717) is 12.0 Å². The average molecular weight is 240 g/mol. The van der Waals surface area contributed by atoms with Crippen LogP contribution in [0, 0.1) is 12.3 Å². The fourth-order valence-corrected chi connectivity index (χ4v) is 1.22. The minimum absolute atomic E-state index is 0.0534. The van der Waals surface area contributed by atoms with Crippen LogP contribution in [0.4, 0.5) is 0 Å². The molecule has 1 heterocycles. The van der Waals surface area contributed by atoms with Crippen LogP contribution >= 0.6 is 0 Å². The standard InChI is InChI=1S/C11H16N2O4/c1-4-11(3,10(15)16)6-12-9(14)8-7(2)5-13-17-8/h5H,4,6H2,1-3H3,(H,12,14)(H,15,16). The fraction of sp³-hybridized carbons (Fsp3) is 0.545. The molecule has 2 N–H and O–H groups in total. The molecule has 0 saturated heterocycles. The number of rotatable bonds is 5. The molecule has 6 nitrogen and oxygen atoms in total. The van der Waals surface area contributed by atoms with Crippen molar-refractivity contribution in [2.75, 3.05) is 6.54 Å². The Hall–Kier alpha value is -1.85. The number of aromatic nitrogens is 1. The second kappa shape index (κ2) is 4.99. The number of aryl methyl sites for hydroxylation is 1. The Morgan fingerprint density at radius 2 is 2.24 bits per heavy atom. The van der Waals surface area contributed by atoms with Crippen molar-refractivity contribution in [1.82, 2.24) is 10.5 Å². The van der Waals surface area contributed by atoms with Gasteiger partial charge in [0.15, 0.2) is 0 Å². The van der Waals surface area contributed by atoms with E-state index in [4.69, 9.17) is 9.63 Å². The van der Waals surface area contributed by atoms with E-state index >= 15 is 0 Å². The third kappa shape index (κ3) is 2.83. The molecule has 6 heteroatoms. The third-order valence-corrected chi connectivity index (χ3v) is 2.89. The molecule has 0 spiro atoms. The van der Waals surface area contributed by atoms with Crippen molar-refractivity contribution in [3.8, 4) is 0 Å². The molecule has 0 radical (unpaired) electrons. The molecule has 0 saturated carbocycles. The molecule has 1 rings (SSSR count). The Kier molecular flexibility index (Phi) is 3.88. The van der Waals surface area contributed by atoms with E-state index in [2.05, 4.69) is 10.5 Å². The fourth-order valence-electron chi connectivity index (χ4n) is 1.22. The number of amides is 1. The van der Waals surface area contributed by atoms with Gasteiger partial charge < -0.3 is 14.9 Å². The highest BCUT2D eigenvalue weighted by Crippen LogP contribution is 2.20. The maximum absolute atomic E-state index is 11.7.